The third kappa shape index (κ3) is 6.63. The number of halogens is 4. The van der Waals surface area contributed by atoms with Crippen molar-refractivity contribution in [1.29, 1.82) is 0 Å². The number of nitrogens with one attached hydrogen (secondary N) is 2. The summed E-state index contributed by atoms with van der Waals surface area (Å²) in [7, 11) is 0. The molecule has 2 N–H and O–H groups in total. The molecule has 38 heavy (non-hydrogen) atoms. The second kappa shape index (κ2) is 11.4. The fourth-order valence-corrected chi connectivity index (χ4v) is 4.19. The number of carbonyl (C=O) groups excluding carboxylic acids is 2. The second-order valence-corrected chi connectivity index (χ2v) is 9.71. The Balaban J connectivity index is 1.59. The lowest BCUT2D eigenvalue weighted by Gasteiger charge is -2.40. The van der Waals surface area contributed by atoms with Crippen molar-refractivity contribution in [3.63, 3.8) is 0 Å². The minimum absolute atomic E-state index is 0.140. The van der Waals surface area contributed by atoms with Crippen molar-refractivity contribution in [2.75, 3.05) is 37.7 Å². The van der Waals surface area contributed by atoms with Gasteiger partial charge in [0, 0.05) is 42.6 Å². The van der Waals surface area contributed by atoms with Gasteiger partial charge >= 0.3 is 12.3 Å². The first-order valence-electron chi connectivity index (χ1n) is 12.0. The minimum Gasteiger partial charge on any atom is -0.449 e. The third-order valence-corrected chi connectivity index (χ3v) is 6.21. The number of carbonyl (C=O) groups is 2. The molecule has 0 bridgehead atoms. The highest BCUT2D eigenvalue weighted by molar-refractivity contribution is 6.31. The summed E-state index contributed by atoms with van der Waals surface area (Å²) in [6.07, 6.45) is 0.123. The standard InChI is InChI=1S/C24H27ClF3N7O3/c1-14(2)4-8-38-23(37)34-6-7-35(18(12-34)22(36)32-13-24(26,27)28)19-3-5-29-21(33-19)17-11-31-20-16(17)9-15(25)10-30-20/h3,5,9-11,14,18H,4,6-8,12-13H2,1-2H3,(H,30,31)(H,32,36)/t18-/m1/s1. The normalized spacial score (nSPS) is 16.2. The molecule has 1 atom stereocenters. The van der Waals surface area contributed by atoms with E-state index in [4.69, 9.17) is 16.3 Å². The maximum atomic E-state index is 12.9. The summed E-state index contributed by atoms with van der Waals surface area (Å²) in [6, 6.07) is 2.14. The van der Waals surface area contributed by atoms with Crippen LogP contribution in [0.5, 0.6) is 0 Å². The Bertz CT molecular complexity index is 1300. The molecule has 10 nitrogen and oxygen atoms in total. The van der Waals surface area contributed by atoms with Crippen LogP contribution in [-0.2, 0) is 9.53 Å². The van der Waals surface area contributed by atoms with Gasteiger partial charge in [0.1, 0.15) is 24.1 Å². The Morgan fingerprint density at radius 3 is 2.82 bits per heavy atom. The number of ether oxygens (including phenoxy) is 1. The summed E-state index contributed by atoms with van der Waals surface area (Å²) in [5.41, 5.74) is 1.19. The van der Waals surface area contributed by atoms with E-state index in [1.807, 2.05) is 19.2 Å². The van der Waals surface area contributed by atoms with Crippen LogP contribution in [0.25, 0.3) is 22.4 Å². The lowest BCUT2D eigenvalue weighted by atomic mass is 10.1. The van der Waals surface area contributed by atoms with Gasteiger partial charge in [0.2, 0.25) is 5.91 Å². The number of pyridine rings is 1. The van der Waals surface area contributed by atoms with Crippen molar-refractivity contribution in [3.8, 4) is 11.4 Å². The zero-order valence-electron chi connectivity index (χ0n) is 20.8. The summed E-state index contributed by atoms with van der Waals surface area (Å²) in [5.74, 6) is 0.0730. The van der Waals surface area contributed by atoms with Crippen molar-refractivity contribution in [1.82, 2.24) is 30.2 Å². The fraction of sp³-hybridized carbons (Fsp3) is 0.458. The number of alkyl halides is 3. The highest BCUT2D eigenvalue weighted by Gasteiger charge is 2.37. The van der Waals surface area contributed by atoms with E-state index >= 15 is 0 Å². The summed E-state index contributed by atoms with van der Waals surface area (Å²) < 4.78 is 43.8. The van der Waals surface area contributed by atoms with Crippen LogP contribution in [0, 0.1) is 5.92 Å². The van der Waals surface area contributed by atoms with Crippen molar-refractivity contribution >= 4 is 40.5 Å². The summed E-state index contributed by atoms with van der Waals surface area (Å²) >= 11 is 6.10. The van der Waals surface area contributed by atoms with Crippen LogP contribution in [0.15, 0.2) is 30.7 Å². The third-order valence-electron chi connectivity index (χ3n) is 6.00. The van der Waals surface area contributed by atoms with Gasteiger partial charge in [0.05, 0.1) is 18.2 Å². The van der Waals surface area contributed by atoms with Crippen LogP contribution in [0.1, 0.15) is 20.3 Å². The van der Waals surface area contributed by atoms with Gasteiger partial charge in [0.25, 0.3) is 0 Å². The van der Waals surface area contributed by atoms with Gasteiger partial charge < -0.3 is 24.8 Å². The van der Waals surface area contributed by atoms with E-state index in [0.29, 0.717) is 45.6 Å². The summed E-state index contributed by atoms with van der Waals surface area (Å²) in [6.45, 7) is 2.86. The Labute approximate surface area is 221 Å². The van der Waals surface area contributed by atoms with E-state index in [2.05, 4.69) is 19.9 Å². The number of rotatable bonds is 7. The number of hydrogen-bond donors (Lipinski definition) is 2. The smallest absolute Gasteiger partial charge is 0.409 e. The van der Waals surface area contributed by atoms with E-state index in [9.17, 15) is 22.8 Å². The van der Waals surface area contributed by atoms with Gasteiger partial charge in [-0.2, -0.15) is 13.2 Å². The first kappa shape index (κ1) is 27.4. The number of amides is 2. The molecule has 4 rings (SSSR count). The lowest BCUT2D eigenvalue weighted by molar-refractivity contribution is -0.139. The van der Waals surface area contributed by atoms with Crippen molar-refractivity contribution in [3.05, 3.63) is 35.7 Å². The van der Waals surface area contributed by atoms with E-state index in [1.54, 1.807) is 23.2 Å². The van der Waals surface area contributed by atoms with Crippen LogP contribution in [0.2, 0.25) is 5.02 Å². The molecule has 0 radical (unpaired) electrons. The Hall–Kier alpha value is -3.61. The minimum atomic E-state index is -4.59. The average Bonchev–Trinajstić information content (AvgIpc) is 3.29. The molecular formula is C24H27ClF3N7O3. The molecule has 1 aliphatic rings. The highest BCUT2D eigenvalue weighted by Crippen LogP contribution is 2.29. The number of fused-ring (bicyclic) bond motifs is 1. The molecule has 2 amide bonds. The molecule has 1 saturated heterocycles. The van der Waals surface area contributed by atoms with Crippen LogP contribution in [-0.4, -0.2) is 81.8 Å². The SMILES string of the molecule is CC(C)CCOC(=O)N1CCN(c2ccnc(-c3c[nH]c4ncc(Cl)cc34)n2)[C@@H](C(=O)NCC(F)(F)F)C1. The Morgan fingerprint density at radius 2 is 2.08 bits per heavy atom. The Morgan fingerprint density at radius 1 is 1.29 bits per heavy atom. The number of anilines is 1. The van der Waals surface area contributed by atoms with Gasteiger partial charge in [-0.25, -0.2) is 19.7 Å². The van der Waals surface area contributed by atoms with Crippen LogP contribution in [0.4, 0.5) is 23.8 Å². The Kier molecular flexibility index (Phi) is 8.24. The maximum absolute atomic E-state index is 12.9. The van der Waals surface area contributed by atoms with Gasteiger partial charge in [0.15, 0.2) is 5.82 Å². The van der Waals surface area contributed by atoms with E-state index in [0.717, 1.165) is 0 Å². The second-order valence-electron chi connectivity index (χ2n) is 9.28. The maximum Gasteiger partial charge on any atom is 0.409 e. The summed E-state index contributed by atoms with van der Waals surface area (Å²) in [5, 5.41) is 3.03. The quantitative estimate of drug-likeness (QED) is 0.454. The van der Waals surface area contributed by atoms with Gasteiger partial charge in [-0.1, -0.05) is 25.4 Å². The van der Waals surface area contributed by atoms with Crippen LogP contribution >= 0.6 is 11.6 Å². The molecule has 0 aliphatic carbocycles. The largest absolute Gasteiger partial charge is 0.449 e. The predicted octanol–water partition coefficient (Wildman–Crippen LogP) is 4.03. The van der Waals surface area contributed by atoms with Crippen molar-refractivity contribution in [2.24, 2.45) is 5.92 Å². The first-order chi connectivity index (χ1) is 18.0. The molecule has 3 aromatic rings. The molecular weight excluding hydrogens is 527 g/mol. The number of H-pyrrole nitrogens is 1. The molecule has 0 saturated carbocycles. The van der Waals surface area contributed by atoms with Crippen molar-refractivity contribution in [2.45, 2.75) is 32.5 Å². The molecule has 0 unspecified atom stereocenters. The van der Waals surface area contributed by atoms with E-state index in [-0.39, 0.29) is 26.2 Å². The monoisotopic (exact) mass is 553 g/mol. The fourth-order valence-electron chi connectivity index (χ4n) is 4.03. The zero-order chi connectivity index (χ0) is 27.4. The molecule has 1 aliphatic heterocycles. The molecule has 0 aromatic carbocycles. The van der Waals surface area contributed by atoms with Gasteiger partial charge in [-0.3, -0.25) is 4.79 Å². The number of hydrogen-bond acceptors (Lipinski definition) is 7. The molecule has 204 valence electrons. The van der Waals surface area contributed by atoms with Gasteiger partial charge in [-0.15, -0.1) is 0 Å². The molecule has 3 aromatic heterocycles. The summed E-state index contributed by atoms with van der Waals surface area (Å²) in [4.78, 5) is 44.6. The molecule has 14 heteroatoms. The molecule has 4 heterocycles. The highest BCUT2D eigenvalue weighted by atomic mass is 35.5. The van der Waals surface area contributed by atoms with Crippen LogP contribution in [0.3, 0.4) is 0 Å². The molecule has 0 spiro atoms. The van der Waals surface area contributed by atoms with E-state index in [1.165, 1.54) is 17.3 Å². The number of aromatic amines is 1. The van der Waals surface area contributed by atoms with Crippen molar-refractivity contribution < 1.29 is 27.5 Å². The predicted molar refractivity (Wildman–Crippen MR) is 135 cm³/mol. The number of piperazine rings is 1. The molecule has 1 fully saturated rings. The van der Waals surface area contributed by atoms with E-state index < -0.39 is 30.8 Å². The number of aromatic nitrogens is 4. The average molecular weight is 554 g/mol. The van der Waals surface area contributed by atoms with Gasteiger partial charge in [-0.05, 0) is 24.5 Å². The van der Waals surface area contributed by atoms with Crippen LogP contribution < -0.4 is 10.2 Å². The first-order valence-corrected chi connectivity index (χ1v) is 12.4. The zero-order valence-corrected chi connectivity index (χ0v) is 21.5. The topological polar surface area (TPSA) is 116 Å². The lowest BCUT2D eigenvalue weighted by Crippen LogP contribution is -2.61. The number of nitrogens with zero attached hydrogens (tertiary/aromatic N) is 5.